The predicted octanol–water partition coefficient (Wildman–Crippen LogP) is 3.68. The first-order valence-electron chi connectivity index (χ1n) is 6.01. The third-order valence-corrected chi connectivity index (χ3v) is 3.94. The Hall–Kier alpha value is -0.480. The second-order valence-corrected chi connectivity index (χ2v) is 5.06. The molecule has 1 aliphatic rings. The molecule has 0 spiro atoms. The van der Waals surface area contributed by atoms with Crippen LogP contribution in [-0.2, 0) is 4.79 Å². The maximum atomic E-state index is 12.1. The van der Waals surface area contributed by atoms with Crippen molar-refractivity contribution in [3.8, 4) is 0 Å². The van der Waals surface area contributed by atoms with Crippen LogP contribution in [0.3, 0.4) is 0 Å². The molecule has 98 valence electrons. The summed E-state index contributed by atoms with van der Waals surface area (Å²) in [5.74, 6) is -0.388. The molecule has 1 heterocycles. The van der Waals surface area contributed by atoms with Gasteiger partial charge in [0.25, 0.3) is 5.91 Å². The summed E-state index contributed by atoms with van der Waals surface area (Å²) in [6.45, 7) is 4.07. The highest BCUT2D eigenvalue weighted by atomic mass is 35.5. The summed E-state index contributed by atoms with van der Waals surface area (Å²) in [4.78, 5) is 23.7. The lowest BCUT2D eigenvalue weighted by Crippen LogP contribution is -2.45. The zero-order valence-electron chi connectivity index (χ0n) is 10.2. The van der Waals surface area contributed by atoms with E-state index in [0.717, 1.165) is 30.1 Å². The second-order valence-electron chi connectivity index (χ2n) is 4.39. The number of halogens is 2. The van der Waals surface area contributed by atoms with Crippen LogP contribution < -0.4 is 0 Å². The molecular formula is C11H18Cl2N2O2. The van der Waals surface area contributed by atoms with Crippen LogP contribution in [-0.4, -0.2) is 26.3 Å². The van der Waals surface area contributed by atoms with Crippen molar-refractivity contribution in [2.45, 2.75) is 57.9 Å². The summed E-state index contributed by atoms with van der Waals surface area (Å²) in [7, 11) is 0. The zero-order valence-corrected chi connectivity index (χ0v) is 11.7. The molecule has 0 bridgehead atoms. The average Bonchev–Trinajstić information content (AvgIpc) is 2.49. The van der Waals surface area contributed by atoms with E-state index in [2.05, 4.69) is 0 Å². The number of urea groups is 1. The lowest BCUT2D eigenvalue weighted by molar-refractivity contribution is -0.130. The highest BCUT2D eigenvalue weighted by Crippen LogP contribution is 2.39. The third kappa shape index (κ3) is 2.52. The molecule has 1 fully saturated rings. The summed E-state index contributed by atoms with van der Waals surface area (Å²) in [6, 6.07) is -0.634. The van der Waals surface area contributed by atoms with Crippen LogP contribution in [0.2, 0.25) is 0 Å². The molecule has 0 aliphatic carbocycles. The molecule has 3 amide bonds. The van der Waals surface area contributed by atoms with Gasteiger partial charge in [-0.3, -0.25) is 4.79 Å². The fourth-order valence-electron chi connectivity index (χ4n) is 2.09. The van der Waals surface area contributed by atoms with Gasteiger partial charge in [0.05, 0.1) is 0 Å². The van der Waals surface area contributed by atoms with Crippen LogP contribution in [0.25, 0.3) is 0 Å². The summed E-state index contributed by atoms with van der Waals surface area (Å²) in [5.41, 5.74) is -0.938. The van der Waals surface area contributed by atoms with E-state index in [1.165, 1.54) is 0 Å². The molecular weight excluding hydrogens is 263 g/mol. The van der Waals surface area contributed by atoms with Crippen LogP contribution >= 0.6 is 23.6 Å². The number of hydrogen-bond donors (Lipinski definition) is 0. The number of rotatable bonds is 6. The molecule has 0 N–H and O–H groups in total. The number of carbonyl (C=O) groups excluding carboxylic acids is 2. The minimum atomic E-state index is -0.938. The standard InChI is InChI=1S/C11H18Cl2N2O2/c1-3-5-7-11(8-6-4-2)9(16)14(12)10(17)15(11)13/h3-8H2,1-2H3. The van der Waals surface area contributed by atoms with Gasteiger partial charge >= 0.3 is 6.03 Å². The topological polar surface area (TPSA) is 40.6 Å². The Bertz CT molecular complexity index is 302. The lowest BCUT2D eigenvalue weighted by Gasteiger charge is -2.30. The van der Waals surface area contributed by atoms with Crippen LogP contribution in [0.15, 0.2) is 0 Å². The Kier molecular flexibility index (Phi) is 5.07. The van der Waals surface area contributed by atoms with E-state index in [1.54, 1.807) is 0 Å². The predicted molar refractivity (Wildman–Crippen MR) is 67.6 cm³/mol. The molecule has 0 aromatic heterocycles. The minimum absolute atomic E-state index is 0.388. The van der Waals surface area contributed by atoms with Crippen molar-refractivity contribution in [1.29, 1.82) is 0 Å². The van der Waals surface area contributed by atoms with Gasteiger partial charge in [0.1, 0.15) is 5.54 Å². The Balaban J connectivity index is 2.95. The van der Waals surface area contributed by atoms with Gasteiger partial charge in [-0.25, -0.2) is 9.21 Å². The quantitative estimate of drug-likeness (QED) is 0.550. The van der Waals surface area contributed by atoms with Crippen LogP contribution in [0, 0.1) is 0 Å². The van der Waals surface area contributed by atoms with Crippen LogP contribution in [0.4, 0.5) is 4.79 Å². The highest BCUT2D eigenvalue weighted by molar-refractivity contribution is 6.39. The van der Waals surface area contributed by atoms with E-state index in [4.69, 9.17) is 23.6 Å². The second kappa shape index (κ2) is 5.91. The number of carbonyl (C=O) groups is 2. The molecule has 0 aromatic rings. The van der Waals surface area contributed by atoms with Gasteiger partial charge in [0.2, 0.25) is 0 Å². The number of imide groups is 1. The van der Waals surface area contributed by atoms with E-state index in [-0.39, 0.29) is 5.91 Å². The Morgan fingerprint density at radius 2 is 1.53 bits per heavy atom. The monoisotopic (exact) mass is 280 g/mol. The molecule has 0 saturated carbocycles. The number of unbranched alkanes of at least 4 members (excludes halogenated alkanes) is 2. The minimum Gasteiger partial charge on any atom is -0.270 e. The largest absolute Gasteiger partial charge is 0.357 e. The van der Waals surface area contributed by atoms with E-state index >= 15 is 0 Å². The average molecular weight is 281 g/mol. The molecule has 0 unspecified atom stereocenters. The summed E-state index contributed by atoms with van der Waals surface area (Å²) < 4.78 is 1.60. The van der Waals surface area contributed by atoms with Crippen molar-refractivity contribution >= 4 is 35.5 Å². The molecule has 6 heteroatoms. The van der Waals surface area contributed by atoms with Crippen molar-refractivity contribution in [2.24, 2.45) is 0 Å². The summed E-state index contributed by atoms with van der Waals surface area (Å²) in [5, 5.41) is 0. The Morgan fingerprint density at radius 3 is 1.82 bits per heavy atom. The molecule has 1 rings (SSSR count). The Labute approximate surface area is 112 Å². The molecule has 1 saturated heterocycles. The van der Waals surface area contributed by atoms with Crippen molar-refractivity contribution in [2.75, 3.05) is 0 Å². The molecule has 1 aliphatic heterocycles. The number of hydrogen-bond acceptors (Lipinski definition) is 2. The SMILES string of the molecule is CCCCC1(CCCC)C(=O)N(Cl)C(=O)N1Cl. The van der Waals surface area contributed by atoms with Gasteiger partial charge in [-0.1, -0.05) is 39.5 Å². The van der Waals surface area contributed by atoms with E-state index < -0.39 is 11.6 Å². The first-order valence-corrected chi connectivity index (χ1v) is 6.69. The van der Waals surface area contributed by atoms with E-state index in [1.807, 2.05) is 13.8 Å². The molecule has 0 radical (unpaired) electrons. The number of amides is 3. The number of nitrogens with zero attached hydrogens (tertiary/aromatic N) is 2. The molecule has 0 atom stereocenters. The van der Waals surface area contributed by atoms with Gasteiger partial charge in [-0.15, -0.1) is 0 Å². The van der Waals surface area contributed by atoms with E-state index in [9.17, 15) is 9.59 Å². The Morgan fingerprint density at radius 1 is 1.06 bits per heavy atom. The van der Waals surface area contributed by atoms with E-state index in [0.29, 0.717) is 17.3 Å². The maximum Gasteiger partial charge on any atom is 0.357 e. The van der Waals surface area contributed by atoms with Crippen molar-refractivity contribution in [1.82, 2.24) is 8.84 Å². The van der Waals surface area contributed by atoms with Gasteiger partial charge in [-0.2, -0.15) is 4.42 Å². The molecule has 0 aromatic carbocycles. The fourth-order valence-corrected chi connectivity index (χ4v) is 2.68. The van der Waals surface area contributed by atoms with Gasteiger partial charge in [0.15, 0.2) is 0 Å². The summed E-state index contributed by atoms with van der Waals surface area (Å²) >= 11 is 11.6. The van der Waals surface area contributed by atoms with Gasteiger partial charge < -0.3 is 0 Å². The van der Waals surface area contributed by atoms with Crippen LogP contribution in [0.5, 0.6) is 0 Å². The fraction of sp³-hybridized carbons (Fsp3) is 0.818. The van der Waals surface area contributed by atoms with Crippen molar-refractivity contribution < 1.29 is 9.59 Å². The first kappa shape index (κ1) is 14.6. The summed E-state index contributed by atoms with van der Waals surface area (Å²) in [6.07, 6.45) is 4.72. The third-order valence-electron chi connectivity index (χ3n) is 3.18. The van der Waals surface area contributed by atoms with Gasteiger partial charge in [-0.05, 0) is 12.8 Å². The molecule has 17 heavy (non-hydrogen) atoms. The van der Waals surface area contributed by atoms with Gasteiger partial charge in [0, 0.05) is 23.6 Å². The first-order chi connectivity index (χ1) is 8.01. The maximum absolute atomic E-state index is 12.1. The smallest absolute Gasteiger partial charge is 0.270 e. The van der Waals surface area contributed by atoms with Crippen molar-refractivity contribution in [3.05, 3.63) is 0 Å². The van der Waals surface area contributed by atoms with Crippen molar-refractivity contribution in [3.63, 3.8) is 0 Å². The van der Waals surface area contributed by atoms with Crippen LogP contribution in [0.1, 0.15) is 52.4 Å². The highest BCUT2D eigenvalue weighted by Gasteiger charge is 2.56. The normalized spacial score (nSPS) is 19.3. The molecule has 4 nitrogen and oxygen atoms in total. The lowest BCUT2D eigenvalue weighted by atomic mass is 9.87. The zero-order chi connectivity index (χ0) is 13.1.